The van der Waals surface area contributed by atoms with Gasteiger partial charge < -0.3 is 19.5 Å². The number of benzene rings is 2. The van der Waals surface area contributed by atoms with E-state index < -0.39 is 0 Å². The van der Waals surface area contributed by atoms with Crippen LogP contribution < -0.4 is 14.8 Å². The predicted octanol–water partition coefficient (Wildman–Crippen LogP) is 4.10. The molecule has 1 N–H and O–H groups in total. The van der Waals surface area contributed by atoms with E-state index in [-0.39, 0.29) is 30.5 Å². The van der Waals surface area contributed by atoms with Crippen molar-refractivity contribution < 1.29 is 23.4 Å². The van der Waals surface area contributed by atoms with Gasteiger partial charge in [-0.1, -0.05) is 13.0 Å². The van der Waals surface area contributed by atoms with E-state index in [4.69, 9.17) is 19.3 Å². The van der Waals surface area contributed by atoms with E-state index in [1.807, 2.05) is 19.1 Å². The first-order valence-electron chi connectivity index (χ1n) is 10.3. The second-order valence-corrected chi connectivity index (χ2v) is 7.62. The number of anilines is 1. The third-order valence-electron chi connectivity index (χ3n) is 5.60. The summed E-state index contributed by atoms with van der Waals surface area (Å²) in [5.41, 5.74) is 2.79. The van der Waals surface area contributed by atoms with Gasteiger partial charge in [-0.25, -0.2) is 4.39 Å². The molecule has 1 aliphatic heterocycles. The van der Waals surface area contributed by atoms with E-state index in [0.717, 1.165) is 24.0 Å². The Labute approximate surface area is 180 Å². The van der Waals surface area contributed by atoms with Gasteiger partial charge in [-0.05, 0) is 54.3 Å². The molecule has 7 nitrogen and oxygen atoms in total. The number of carbonyl (C=O) groups is 1. The first kappa shape index (κ1) is 21.0. The average molecular weight is 427 g/mol. The Morgan fingerprint density at radius 3 is 2.71 bits per heavy atom. The van der Waals surface area contributed by atoms with Crippen LogP contribution in [-0.4, -0.2) is 37.8 Å². The number of nitrogens with zero attached hydrogens (tertiary/aromatic N) is 2. The van der Waals surface area contributed by atoms with Gasteiger partial charge in [0, 0.05) is 18.0 Å². The molecule has 2 aromatic carbocycles. The molecule has 4 rings (SSSR count). The van der Waals surface area contributed by atoms with Crippen LogP contribution in [0.5, 0.6) is 11.5 Å². The molecule has 8 heteroatoms. The normalized spacial score (nSPS) is 18.8. The second kappa shape index (κ2) is 8.83. The maximum atomic E-state index is 13.7. The van der Waals surface area contributed by atoms with E-state index in [0.29, 0.717) is 29.4 Å². The van der Waals surface area contributed by atoms with Crippen LogP contribution in [-0.2, 0) is 16.0 Å². The van der Waals surface area contributed by atoms with Gasteiger partial charge in [0.1, 0.15) is 11.7 Å². The molecule has 1 heterocycles. The summed E-state index contributed by atoms with van der Waals surface area (Å²) in [5.74, 6) is 1.42. The largest absolute Gasteiger partial charge is 0.493 e. The number of amidine groups is 1. The Bertz CT molecular complexity index is 1010. The van der Waals surface area contributed by atoms with Crippen LogP contribution in [0.2, 0.25) is 0 Å². The lowest BCUT2D eigenvalue weighted by atomic mass is 10.00. The lowest BCUT2D eigenvalue weighted by molar-refractivity contribution is -0.149. The molecule has 0 bridgehead atoms. The molecule has 2 atom stereocenters. The summed E-state index contributed by atoms with van der Waals surface area (Å²) in [5, 5.41) is 9.72. The third kappa shape index (κ3) is 4.15. The highest BCUT2D eigenvalue weighted by molar-refractivity contribution is 5.99. The maximum Gasteiger partial charge on any atom is 0.307 e. The SMILES string of the molecule is CCCC(=O)OCN1N=C(Nc2cccc(F)c2)C2Cc3cc(OC)c(OC)cc3C21. The molecule has 1 aliphatic carbocycles. The minimum absolute atomic E-state index is 0.0000400. The zero-order chi connectivity index (χ0) is 22.0. The average Bonchev–Trinajstić information content (AvgIpc) is 3.28. The van der Waals surface area contributed by atoms with Crippen molar-refractivity contribution in [1.29, 1.82) is 0 Å². The van der Waals surface area contributed by atoms with Crippen molar-refractivity contribution in [3.8, 4) is 11.5 Å². The second-order valence-electron chi connectivity index (χ2n) is 7.62. The summed E-state index contributed by atoms with van der Waals surface area (Å²) in [6, 6.07) is 10.1. The fourth-order valence-electron chi connectivity index (χ4n) is 4.20. The van der Waals surface area contributed by atoms with Crippen molar-refractivity contribution in [2.45, 2.75) is 32.2 Å². The number of hydrazone groups is 1. The molecular weight excluding hydrogens is 401 g/mol. The quantitative estimate of drug-likeness (QED) is 0.671. The van der Waals surface area contributed by atoms with Crippen LogP contribution in [0.25, 0.3) is 0 Å². The molecular formula is C23H26FN3O4. The van der Waals surface area contributed by atoms with Crippen LogP contribution in [0.15, 0.2) is 41.5 Å². The zero-order valence-electron chi connectivity index (χ0n) is 17.9. The summed E-state index contributed by atoms with van der Waals surface area (Å²) < 4.78 is 30.1. The first-order valence-corrected chi connectivity index (χ1v) is 10.3. The van der Waals surface area contributed by atoms with E-state index >= 15 is 0 Å². The topological polar surface area (TPSA) is 72.4 Å². The summed E-state index contributed by atoms with van der Waals surface area (Å²) in [6.07, 6.45) is 1.81. The van der Waals surface area contributed by atoms with Crippen molar-refractivity contribution in [1.82, 2.24) is 5.01 Å². The molecule has 2 aromatic rings. The zero-order valence-corrected chi connectivity index (χ0v) is 17.9. The number of methoxy groups -OCH3 is 2. The van der Waals surface area contributed by atoms with Crippen molar-refractivity contribution in [2.24, 2.45) is 11.0 Å². The van der Waals surface area contributed by atoms with Gasteiger partial charge >= 0.3 is 5.97 Å². The lowest BCUT2D eigenvalue weighted by Gasteiger charge is -2.24. The van der Waals surface area contributed by atoms with Crippen LogP contribution >= 0.6 is 0 Å². The molecule has 0 aromatic heterocycles. The number of ether oxygens (including phenoxy) is 3. The van der Waals surface area contributed by atoms with Crippen molar-refractivity contribution in [3.63, 3.8) is 0 Å². The summed E-state index contributed by atoms with van der Waals surface area (Å²) in [7, 11) is 3.21. The Balaban J connectivity index is 1.64. The Morgan fingerprint density at radius 1 is 1.23 bits per heavy atom. The molecule has 0 radical (unpaired) electrons. The summed E-state index contributed by atoms with van der Waals surface area (Å²) >= 11 is 0. The molecule has 0 saturated carbocycles. The fraction of sp³-hybridized carbons (Fsp3) is 0.391. The third-order valence-corrected chi connectivity index (χ3v) is 5.60. The van der Waals surface area contributed by atoms with Crippen molar-refractivity contribution in [2.75, 3.05) is 26.3 Å². The Hall–Kier alpha value is -3.29. The monoisotopic (exact) mass is 427 g/mol. The van der Waals surface area contributed by atoms with E-state index in [9.17, 15) is 9.18 Å². The standard InChI is InChI=1S/C23H26FN3O4/c1-4-6-21(28)31-13-27-22-17-12-20(30-3)19(29-2)10-14(17)9-18(22)23(26-27)25-16-8-5-7-15(24)11-16/h5,7-8,10-12,18,22H,4,6,9,13H2,1-3H3,(H,25,26). The van der Waals surface area contributed by atoms with E-state index in [1.165, 1.54) is 12.1 Å². The van der Waals surface area contributed by atoms with Gasteiger partial charge in [0.05, 0.1) is 20.3 Å². The Kier molecular flexibility index (Phi) is 5.97. The number of hydrogen-bond donors (Lipinski definition) is 1. The number of rotatable bonds is 7. The first-order chi connectivity index (χ1) is 15.0. The van der Waals surface area contributed by atoms with E-state index in [1.54, 1.807) is 31.4 Å². The van der Waals surface area contributed by atoms with Gasteiger partial charge in [-0.2, -0.15) is 5.10 Å². The van der Waals surface area contributed by atoms with E-state index in [2.05, 4.69) is 5.32 Å². The number of esters is 1. The molecule has 2 unspecified atom stereocenters. The van der Waals surface area contributed by atoms with Gasteiger partial charge in [0.25, 0.3) is 0 Å². The summed E-state index contributed by atoms with van der Waals surface area (Å²) in [6.45, 7) is 1.97. The fourth-order valence-corrected chi connectivity index (χ4v) is 4.20. The molecule has 164 valence electrons. The van der Waals surface area contributed by atoms with Gasteiger partial charge in [-0.15, -0.1) is 0 Å². The van der Waals surface area contributed by atoms with Gasteiger partial charge in [-0.3, -0.25) is 9.80 Å². The predicted molar refractivity (Wildman–Crippen MR) is 115 cm³/mol. The molecule has 0 saturated heterocycles. The molecule has 31 heavy (non-hydrogen) atoms. The molecule has 0 amide bonds. The Morgan fingerprint density at radius 2 is 2.00 bits per heavy atom. The molecule has 0 fully saturated rings. The lowest BCUT2D eigenvalue weighted by Crippen LogP contribution is -2.27. The number of hydrogen-bond acceptors (Lipinski definition) is 7. The highest BCUT2D eigenvalue weighted by Gasteiger charge is 2.45. The van der Waals surface area contributed by atoms with Gasteiger partial charge in [0.2, 0.25) is 0 Å². The number of fused-ring (bicyclic) bond motifs is 3. The minimum atomic E-state index is -0.324. The van der Waals surface area contributed by atoms with Crippen LogP contribution in [0, 0.1) is 11.7 Å². The van der Waals surface area contributed by atoms with Gasteiger partial charge in [0.15, 0.2) is 18.2 Å². The number of halogens is 1. The highest BCUT2D eigenvalue weighted by Crippen LogP contribution is 2.48. The summed E-state index contributed by atoms with van der Waals surface area (Å²) in [4.78, 5) is 11.9. The minimum Gasteiger partial charge on any atom is -0.493 e. The molecule has 2 aliphatic rings. The van der Waals surface area contributed by atoms with Crippen molar-refractivity contribution in [3.05, 3.63) is 53.3 Å². The van der Waals surface area contributed by atoms with Crippen LogP contribution in [0.4, 0.5) is 10.1 Å². The van der Waals surface area contributed by atoms with Crippen molar-refractivity contribution >= 4 is 17.5 Å². The number of carbonyl (C=O) groups excluding carboxylic acids is 1. The van der Waals surface area contributed by atoms with Crippen LogP contribution in [0.3, 0.4) is 0 Å². The van der Waals surface area contributed by atoms with Crippen LogP contribution in [0.1, 0.15) is 36.9 Å². The smallest absolute Gasteiger partial charge is 0.307 e. The highest BCUT2D eigenvalue weighted by atomic mass is 19.1. The number of nitrogens with one attached hydrogen (secondary N) is 1. The molecule has 0 spiro atoms. The maximum absolute atomic E-state index is 13.7.